The zero-order chi connectivity index (χ0) is 8.27. The van der Waals surface area contributed by atoms with Gasteiger partial charge in [0.1, 0.15) is 0 Å². The van der Waals surface area contributed by atoms with E-state index in [4.69, 9.17) is 10.8 Å². The molecule has 0 heterocycles. The molecule has 0 aliphatic heterocycles. The van der Waals surface area contributed by atoms with Crippen LogP contribution < -0.4 is 5.73 Å². The van der Waals surface area contributed by atoms with E-state index in [0.717, 1.165) is 14.7 Å². The molecular weight excluding hydrogens is 253 g/mol. The summed E-state index contributed by atoms with van der Waals surface area (Å²) in [6.45, 7) is 0.619. The van der Waals surface area contributed by atoms with E-state index < -0.39 is 0 Å². The van der Waals surface area contributed by atoms with Gasteiger partial charge in [-0.15, -0.1) is 0 Å². The summed E-state index contributed by atoms with van der Waals surface area (Å²) in [6.07, 6.45) is 0. The lowest BCUT2D eigenvalue weighted by atomic mass is 10.1. The van der Waals surface area contributed by atoms with Crippen molar-refractivity contribution in [2.24, 2.45) is 5.73 Å². The van der Waals surface area contributed by atoms with E-state index in [1.807, 2.05) is 18.2 Å². The molecule has 1 aromatic carbocycles. The lowest BCUT2D eigenvalue weighted by Gasteiger charge is -2.01. The summed E-state index contributed by atoms with van der Waals surface area (Å²) >= 11 is 2.21. The summed E-state index contributed by atoms with van der Waals surface area (Å²) in [5.41, 5.74) is 7.46. The zero-order valence-electron chi connectivity index (χ0n) is 6.05. The standard InChI is InChI=1S/C8H10INO/c9-8-2-6(4-10)1-7(3-8)5-11/h1-3,11H,4-5,10H2. The molecule has 0 spiro atoms. The minimum Gasteiger partial charge on any atom is -0.392 e. The average molecular weight is 263 g/mol. The summed E-state index contributed by atoms with van der Waals surface area (Å²) in [5.74, 6) is 0. The maximum absolute atomic E-state index is 8.84. The van der Waals surface area contributed by atoms with Crippen molar-refractivity contribution in [2.75, 3.05) is 0 Å². The van der Waals surface area contributed by atoms with Crippen LogP contribution in [-0.4, -0.2) is 5.11 Å². The normalized spacial score (nSPS) is 10.1. The molecule has 3 heteroatoms. The van der Waals surface area contributed by atoms with E-state index in [-0.39, 0.29) is 6.61 Å². The Bertz CT molecular complexity index is 228. The fraction of sp³-hybridized carbons (Fsp3) is 0.250. The van der Waals surface area contributed by atoms with E-state index >= 15 is 0 Å². The molecule has 2 nitrogen and oxygen atoms in total. The molecule has 0 saturated heterocycles. The van der Waals surface area contributed by atoms with Crippen molar-refractivity contribution in [3.8, 4) is 0 Å². The van der Waals surface area contributed by atoms with Gasteiger partial charge in [0.2, 0.25) is 0 Å². The molecule has 0 aliphatic carbocycles. The van der Waals surface area contributed by atoms with Crippen molar-refractivity contribution in [1.29, 1.82) is 0 Å². The maximum atomic E-state index is 8.84. The third-order valence-corrected chi connectivity index (χ3v) is 2.06. The van der Waals surface area contributed by atoms with Gasteiger partial charge in [0.25, 0.3) is 0 Å². The van der Waals surface area contributed by atoms with E-state index in [0.29, 0.717) is 6.54 Å². The fourth-order valence-electron chi connectivity index (χ4n) is 0.926. The number of halogens is 1. The topological polar surface area (TPSA) is 46.2 Å². The molecule has 0 atom stereocenters. The van der Waals surface area contributed by atoms with Crippen molar-refractivity contribution in [3.63, 3.8) is 0 Å². The molecule has 0 amide bonds. The highest BCUT2D eigenvalue weighted by atomic mass is 127. The van der Waals surface area contributed by atoms with Crippen LogP contribution in [0, 0.1) is 3.57 Å². The Morgan fingerprint density at radius 3 is 2.45 bits per heavy atom. The SMILES string of the molecule is NCc1cc(I)cc(CO)c1. The van der Waals surface area contributed by atoms with Gasteiger partial charge in [-0.3, -0.25) is 0 Å². The van der Waals surface area contributed by atoms with Gasteiger partial charge in [-0.25, -0.2) is 0 Å². The summed E-state index contributed by atoms with van der Waals surface area (Å²) in [6, 6.07) is 5.88. The second kappa shape index (κ2) is 4.04. The van der Waals surface area contributed by atoms with E-state index in [2.05, 4.69) is 22.6 Å². The molecule has 0 unspecified atom stereocenters. The Labute approximate surface area is 79.6 Å². The second-order valence-electron chi connectivity index (χ2n) is 2.33. The average Bonchev–Trinajstić information content (AvgIpc) is 2.03. The molecule has 0 aromatic heterocycles. The highest BCUT2D eigenvalue weighted by Gasteiger charge is 1.95. The molecule has 0 aliphatic rings. The number of nitrogens with two attached hydrogens (primary N) is 1. The first-order chi connectivity index (χ1) is 5.26. The predicted molar refractivity (Wildman–Crippen MR) is 53.0 cm³/mol. The number of rotatable bonds is 2. The monoisotopic (exact) mass is 263 g/mol. The summed E-state index contributed by atoms with van der Waals surface area (Å²) < 4.78 is 1.12. The molecule has 0 saturated carbocycles. The summed E-state index contributed by atoms with van der Waals surface area (Å²) in [5, 5.41) is 8.84. The van der Waals surface area contributed by atoms with E-state index in [9.17, 15) is 0 Å². The minimum absolute atomic E-state index is 0.0871. The minimum atomic E-state index is 0.0871. The van der Waals surface area contributed by atoms with Gasteiger partial charge in [0, 0.05) is 10.1 Å². The molecule has 0 fully saturated rings. The van der Waals surface area contributed by atoms with Crippen molar-refractivity contribution in [1.82, 2.24) is 0 Å². The molecule has 0 radical (unpaired) electrons. The highest BCUT2D eigenvalue weighted by Crippen LogP contribution is 2.11. The van der Waals surface area contributed by atoms with Crippen molar-refractivity contribution in [3.05, 3.63) is 32.9 Å². The van der Waals surface area contributed by atoms with Crippen molar-refractivity contribution >= 4 is 22.6 Å². The third kappa shape index (κ3) is 2.43. The number of aliphatic hydroxyl groups excluding tert-OH is 1. The van der Waals surface area contributed by atoms with Gasteiger partial charge in [-0.1, -0.05) is 6.07 Å². The summed E-state index contributed by atoms with van der Waals surface area (Å²) in [4.78, 5) is 0. The van der Waals surface area contributed by atoms with Crippen LogP contribution in [0.25, 0.3) is 0 Å². The van der Waals surface area contributed by atoms with E-state index in [1.165, 1.54) is 0 Å². The molecule has 60 valence electrons. The lowest BCUT2D eigenvalue weighted by molar-refractivity contribution is 0.281. The van der Waals surface area contributed by atoms with E-state index in [1.54, 1.807) is 0 Å². The Morgan fingerprint density at radius 2 is 1.91 bits per heavy atom. The van der Waals surface area contributed by atoms with Crippen molar-refractivity contribution in [2.45, 2.75) is 13.2 Å². The Morgan fingerprint density at radius 1 is 1.27 bits per heavy atom. The first-order valence-electron chi connectivity index (χ1n) is 3.35. The van der Waals surface area contributed by atoms with Gasteiger partial charge in [0.15, 0.2) is 0 Å². The van der Waals surface area contributed by atoms with Crippen molar-refractivity contribution < 1.29 is 5.11 Å². The number of benzene rings is 1. The first-order valence-corrected chi connectivity index (χ1v) is 4.43. The third-order valence-electron chi connectivity index (χ3n) is 1.44. The Kier molecular flexibility index (Phi) is 3.29. The molecule has 3 N–H and O–H groups in total. The van der Waals surface area contributed by atoms with Crippen LogP contribution in [0.5, 0.6) is 0 Å². The quantitative estimate of drug-likeness (QED) is 0.788. The molecule has 1 aromatic rings. The smallest absolute Gasteiger partial charge is 0.0682 e. The Hall–Kier alpha value is -0.130. The largest absolute Gasteiger partial charge is 0.392 e. The van der Waals surface area contributed by atoms with Crippen LogP contribution in [0.15, 0.2) is 18.2 Å². The first kappa shape index (κ1) is 8.96. The second-order valence-corrected chi connectivity index (χ2v) is 3.58. The zero-order valence-corrected chi connectivity index (χ0v) is 8.21. The van der Waals surface area contributed by atoms with Crippen LogP contribution in [-0.2, 0) is 13.2 Å². The van der Waals surface area contributed by atoms with Crippen LogP contribution >= 0.6 is 22.6 Å². The molecule has 11 heavy (non-hydrogen) atoms. The van der Waals surface area contributed by atoms with Crippen LogP contribution in [0.2, 0.25) is 0 Å². The van der Waals surface area contributed by atoms with Crippen LogP contribution in [0.1, 0.15) is 11.1 Å². The molecular formula is C8H10INO. The fourth-order valence-corrected chi connectivity index (χ4v) is 1.73. The van der Waals surface area contributed by atoms with Crippen LogP contribution in [0.3, 0.4) is 0 Å². The molecule has 0 bridgehead atoms. The predicted octanol–water partition coefficient (Wildman–Crippen LogP) is 1.24. The number of hydrogen-bond acceptors (Lipinski definition) is 2. The molecule has 1 rings (SSSR count). The van der Waals surface area contributed by atoms with Gasteiger partial charge in [-0.2, -0.15) is 0 Å². The van der Waals surface area contributed by atoms with Gasteiger partial charge >= 0.3 is 0 Å². The Balaban J connectivity index is 3.02. The van der Waals surface area contributed by atoms with Crippen LogP contribution in [0.4, 0.5) is 0 Å². The lowest BCUT2D eigenvalue weighted by Crippen LogP contribution is -1.98. The van der Waals surface area contributed by atoms with Gasteiger partial charge < -0.3 is 10.8 Å². The number of hydrogen-bond donors (Lipinski definition) is 2. The maximum Gasteiger partial charge on any atom is 0.0682 e. The summed E-state index contributed by atoms with van der Waals surface area (Å²) in [7, 11) is 0. The highest BCUT2D eigenvalue weighted by molar-refractivity contribution is 14.1. The van der Waals surface area contributed by atoms with Gasteiger partial charge in [0.05, 0.1) is 6.61 Å². The number of aliphatic hydroxyl groups is 1. The van der Waals surface area contributed by atoms with Gasteiger partial charge in [-0.05, 0) is 45.9 Å².